The van der Waals surface area contributed by atoms with Gasteiger partial charge in [0.25, 0.3) is 0 Å². The Labute approximate surface area is 338 Å². The number of rotatable bonds is 4. The molecule has 2 nitrogen and oxygen atoms in total. The number of hydrogen-bond donors (Lipinski definition) is 0. The molecule has 58 heavy (non-hydrogen) atoms. The molecule has 0 saturated carbocycles. The highest BCUT2D eigenvalue weighted by molar-refractivity contribution is 6.08. The maximum absolute atomic E-state index is 6.40. The highest BCUT2D eigenvalue weighted by atomic mass is 16.3. The van der Waals surface area contributed by atoms with E-state index in [1.165, 1.54) is 88.0 Å². The molecular weight excluding hydrogens is 703 g/mol. The summed E-state index contributed by atoms with van der Waals surface area (Å²) in [5.41, 5.74) is 18.0. The zero-order chi connectivity index (χ0) is 38.9. The first-order valence-electron chi connectivity index (χ1n) is 20.4. The number of hydrogen-bond acceptors (Lipinski definition) is 2. The van der Waals surface area contributed by atoms with Gasteiger partial charge in [0.15, 0.2) is 0 Å². The van der Waals surface area contributed by atoms with Gasteiger partial charge in [-0.2, -0.15) is 0 Å². The van der Waals surface area contributed by atoms with Crippen LogP contribution in [0.25, 0.3) is 76.9 Å². The van der Waals surface area contributed by atoms with Gasteiger partial charge in [-0.05, 0) is 120 Å². The second-order valence-corrected chi connectivity index (χ2v) is 17.3. The van der Waals surface area contributed by atoms with Crippen molar-refractivity contribution in [2.45, 2.75) is 38.5 Å². The van der Waals surface area contributed by atoms with Crippen molar-refractivity contribution in [3.8, 4) is 33.4 Å². The number of anilines is 3. The standard InChI is InChI=1S/C56H41NO/c1-55(2)48-31-38(25-29-42(48)46-33-52-47(32-49(46)55)43-19-11-13-21-51(43)58-52)57(50-20-12-10-17-39(50)34-14-6-5-7-15-34)37-24-28-41-36(30-37)23-27-45-44-26-22-35-16-8-9-18-40(35)53(44)56(3,4)54(41)45/h5-33H,1-4H3. The maximum atomic E-state index is 6.40. The Morgan fingerprint density at radius 3 is 1.83 bits per heavy atom. The predicted molar refractivity (Wildman–Crippen MR) is 244 cm³/mol. The summed E-state index contributed by atoms with van der Waals surface area (Å²) >= 11 is 0. The molecule has 2 heteroatoms. The van der Waals surface area contributed by atoms with E-state index in [0.29, 0.717) is 0 Å². The summed E-state index contributed by atoms with van der Waals surface area (Å²) in [6.07, 6.45) is 0. The van der Waals surface area contributed by atoms with Crippen molar-refractivity contribution < 1.29 is 4.42 Å². The van der Waals surface area contributed by atoms with E-state index in [1.54, 1.807) is 0 Å². The van der Waals surface area contributed by atoms with Crippen LogP contribution in [0.15, 0.2) is 180 Å². The van der Waals surface area contributed by atoms with Crippen molar-refractivity contribution in [3.63, 3.8) is 0 Å². The molecule has 0 radical (unpaired) electrons. The molecule has 2 aliphatic carbocycles. The summed E-state index contributed by atoms with van der Waals surface area (Å²) in [5, 5.41) is 7.54. The van der Waals surface area contributed by atoms with Crippen molar-refractivity contribution in [1.29, 1.82) is 0 Å². The van der Waals surface area contributed by atoms with Crippen LogP contribution in [0.4, 0.5) is 17.1 Å². The van der Waals surface area contributed by atoms with Gasteiger partial charge in [0, 0.05) is 38.5 Å². The van der Waals surface area contributed by atoms with Gasteiger partial charge in [0.05, 0.1) is 5.69 Å². The number of nitrogens with zero attached hydrogens (tertiary/aromatic N) is 1. The fourth-order valence-electron chi connectivity index (χ4n) is 10.7. The Morgan fingerprint density at radius 2 is 1.00 bits per heavy atom. The highest BCUT2D eigenvalue weighted by Gasteiger charge is 2.39. The van der Waals surface area contributed by atoms with Crippen LogP contribution in [0.3, 0.4) is 0 Å². The largest absolute Gasteiger partial charge is 0.456 e. The summed E-state index contributed by atoms with van der Waals surface area (Å²) in [5.74, 6) is 0. The lowest BCUT2D eigenvalue weighted by atomic mass is 9.78. The SMILES string of the molecule is CC1(C)c2cc(N(c3ccc4c5c(ccc4c3)-c3ccc4ccccc4c3C5(C)C)c3ccccc3-c3ccccc3)ccc2-c2cc3oc4ccccc4c3cc21. The fourth-order valence-corrected chi connectivity index (χ4v) is 10.7. The molecular formula is C56H41NO. The van der Waals surface area contributed by atoms with Crippen LogP contribution < -0.4 is 4.90 Å². The molecule has 2 aliphatic rings. The molecule has 0 unspecified atom stereocenters. The lowest BCUT2D eigenvalue weighted by Crippen LogP contribution is -2.17. The van der Waals surface area contributed by atoms with Gasteiger partial charge >= 0.3 is 0 Å². The normalized spacial score (nSPS) is 14.5. The number of benzene rings is 9. The van der Waals surface area contributed by atoms with Crippen molar-refractivity contribution >= 4 is 60.5 Å². The first-order chi connectivity index (χ1) is 28.3. The predicted octanol–water partition coefficient (Wildman–Crippen LogP) is 15.6. The zero-order valence-corrected chi connectivity index (χ0v) is 33.1. The van der Waals surface area contributed by atoms with Crippen molar-refractivity contribution in [2.24, 2.45) is 0 Å². The monoisotopic (exact) mass is 743 g/mol. The zero-order valence-electron chi connectivity index (χ0n) is 33.1. The third-order valence-electron chi connectivity index (χ3n) is 13.4. The van der Waals surface area contributed by atoms with Gasteiger partial charge in [-0.25, -0.2) is 0 Å². The van der Waals surface area contributed by atoms with Crippen molar-refractivity contribution in [2.75, 3.05) is 4.90 Å². The first-order valence-corrected chi connectivity index (χ1v) is 20.4. The Hall–Kier alpha value is -6.90. The van der Waals surface area contributed by atoms with Crippen LogP contribution in [0.1, 0.15) is 49.9 Å². The Bertz CT molecular complexity index is 3350. The summed E-state index contributed by atoms with van der Waals surface area (Å²) in [6.45, 7) is 9.56. The van der Waals surface area contributed by atoms with E-state index < -0.39 is 0 Å². The molecule has 10 aromatic rings. The molecule has 0 fully saturated rings. The maximum Gasteiger partial charge on any atom is 0.136 e. The minimum absolute atomic E-state index is 0.153. The second kappa shape index (κ2) is 11.8. The van der Waals surface area contributed by atoms with Gasteiger partial charge in [-0.3, -0.25) is 0 Å². The number of furan rings is 1. The minimum Gasteiger partial charge on any atom is -0.456 e. The van der Waals surface area contributed by atoms with E-state index in [2.05, 4.69) is 202 Å². The Balaban J connectivity index is 1.05. The van der Waals surface area contributed by atoms with E-state index >= 15 is 0 Å². The lowest BCUT2D eigenvalue weighted by molar-refractivity contribution is 0.658. The van der Waals surface area contributed by atoms with Crippen LogP contribution in [0.5, 0.6) is 0 Å². The van der Waals surface area contributed by atoms with E-state index in [1.807, 2.05) is 6.07 Å². The summed E-state index contributed by atoms with van der Waals surface area (Å²) in [4.78, 5) is 2.47. The average molecular weight is 744 g/mol. The number of fused-ring (bicyclic) bond motifs is 13. The third kappa shape index (κ3) is 4.54. The molecule has 0 aliphatic heterocycles. The summed E-state index contributed by atoms with van der Waals surface area (Å²) in [6, 6.07) is 65.0. The average Bonchev–Trinajstić information content (AvgIpc) is 3.82. The number of para-hydroxylation sites is 2. The minimum atomic E-state index is -0.216. The third-order valence-corrected chi connectivity index (χ3v) is 13.4. The molecule has 0 amide bonds. The quantitative estimate of drug-likeness (QED) is 0.178. The summed E-state index contributed by atoms with van der Waals surface area (Å²) < 4.78 is 6.40. The van der Waals surface area contributed by atoms with Gasteiger partial charge in [-0.1, -0.05) is 155 Å². The van der Waals surface area contributed by atoms with Crippen LogP contribution >= 0.6 is 0 Å². The van der Waals surface area contributed by atoms with E-state index in [-0.39, 0.29) is 10.8 Å². The van der Waals surface area contributed by atoms with Crippen LogP contribution in [0.2, 0.25) is 0 Å². The summed E-state index contributed by atoms with van der Waals surface area (Å²) in [7, 11) is 0. The topological polar surface area (TPSA) is 16.4 Å². The van der Waals surface area contributed by atoms with Crippen LogP contribution in [-0.2, 0) is 10.8 Å². The molecule has 0 spiro atoms. The van der Waals surface area contributed by atoms with Crippen molar-refractivity contribution in [3.05, 3.63) is 198 Å². The molecule has 9 aromatic carbocycles. The second-order valence-electron chi connectivity index (χ2n) is 17.3. The smallest absolute Gasteiger partial charge is 0.136 e. The molecule has 0 saturated heterocycles. The first kappa shape index (κ1) is 33.3. The molecule has 1 heterocycles. The Kier molecular flexibility index (Phi) is 6.78. The van der Waals surface area contributed by atoms with Gasteiger partial charge in [0.2, 0.25) is 0 Å². The van der Waals surface area contributed by atoms with E-state index in [4.69, 9.17) is 4.42 Å². The van der Waals surface area contributed by atoms with Crippen LogP contribution in [-0.4, -0.2) is 0 Å². The van der Waals surface area contributed by atoms with Gasteiger partial charge < -0.3 is 9.32 Å². The van der Waals surface area contributed by atoms with Gasteiger partial charge in [0.1, 0.15) is 11.2 Å². The highest BCUT2D eigenvalue weighted by Crippen LogP contribution is 2.56. The molecule has 1 aromatic heterocycles. The van der Waals surface area contributed by atoms with Crippen molar-refractivity contribution in [1.82, 2.24) is 0 Å². The fraction of sp³-hybridized carbons (Fsp3) is 0.107. The lowest BCUT2D eigenvalue weighted by Gasteiger charge is -2.30. The van der Waals surface area contributed by atoms with E-state index in [0.717, 1.165) is 28.2 Å². The van der Waals surface area contributed by atoms with E-state index in [9.17, 15) is 0 Å². The molecule has 0 N–H and O–H groups in total. The van der Waals surface area contributed by atoms with Gasteiger partial charge in [-0.15, -0.1) is 0 Å². The molecule has 276 valence electrons. The molecule has 0 atom stereocenters. The molecule has 12 rings (SSSR count). The van der Waals surface area contributed by atoms with Crippen LogP contribution in [0, 0.1) is 0 Å². The molecule has 0 bridgehead atoms. The Morgan fingerprint density at radius 1 is 0.379 bits per heavy atom.